The number of nitroso groups, excluding NO2 is 1. The molecule has 1 unspecified atom stereocenters. The summed E-state index contributed by atoms with van der Waals surface area (Å²) >= 11 is 0. The molecule has 2 aromatic carbocycles. The van der Waals surface area contributed by atoms with Gasteiger partial charge in [0.25, 0.3) is 0 Å². The molecule has 8 heteroatoms. The van der Waals surface area contributed by atoms with E-state index < -0.39 is 0 Å². The first kappa shape index (κ1) is 18.7. The summed E-state index contributed by atoms with van der Waals surface area (Å²) in [5.41, 5.74) is 4.31. The predicted molar refractivity (Wildman–Crippen MR) is 111 cm³/mol. The third kappa shape index (κ3) is 3.82. The van der Waals surface area contributed by atoms with Crippen molar-refractivity contribution in [2.24, 2.45) is 5.18 Å². The molecule has 4 rings (SSSR count). The molecule has 0 spiro atoms. The Hall–Kier alpha value is -3.68. The summed E-state index contributed by atoms with van der Waals surface area (Å²) in [6, 6.07) is 12.8. The molecule has 1 amide bonds. The van der Waals surface area contributed by atoms with Crippen LogP contribution in [0, 0.1) is 4.91 Å². The molecule has 1 aliphatic rings. The molecule has 3 aromatic rings. The number of nitrogens with one attached hydrogen (secondary N) is 2. The summed E-state index contributed by atoms with van der Waals surface area (Å²) in [6.45, 7) is 0.652. The SMILES string of the molecule is COc1ccc(CN=O)c(NC2CCN(c3ccc(-c4cn[nH]c4)cc3)C2=O)c1. The van der Waals surface area contributed by atoms with Gasteiger partial charge < -0.3 is 15.0 Å². The van der Waals surface area contributed by atoms with Gasteiger partial charge in [0.2, 0.25) is 5.91 Å². The Labute approximate surface area is 167 Å². The zero-order chi connectivity index (χ0) is 20.2. The fraction of sp³-hybridized carbons (Fsp3) is 0.238. The Morgan fingerprint density at radius 3 is 2.76 bits per heavy atom. The van der Waals surface area contributed by atoms with Gasteiger partial charge >= 0.3 is 0 Å². The maximum atomic E-state index is 13.0. The zero-order valence-electron chi connectivity index (χ0n) is 16.0. The van der Waals surface area contributed by atoms with Crippen LogP contribution in [0.2, 0.25) is 0 Å². The van der Waals surface area contributed by atoms with E-state index in [1.165, 1.54) is 0 Å². The van der Waals surface area contributed by atoms with Crippen molar-refractivity contribution in [2.75, 3.05) is 23.9 Å². The van der Waals surface area contributed by atoms with Crippen molar-refractivity contribution < 1.29 is 9.53 Å². The topological polar surface area (TPSA) is 99.7 Å². The van der Waals surface area contributed by atoms with Crippen LogP contribution in [0.4, 0.5) is 11.4 Å². The van der Waals surface area contributed by atoms with Crippen LogP contribution in [0.5, 0.6) is 5.75 Å². The number of aromatic nitrogens is 2. The van der Waals surface area contributed by atoms with Crippen molar-refractivity contribution in [3.63, 3.8) is 0 Å². The molecule has 0 aliphatic carbocycles. The van der Waals surface area contributed by atoms with Gasteiger partial charge in [0.1, 0.15) is 18.3 Å². The monoisotopic (exact) mass is 391 g/mol. The number of carbonyl (C=O) groups is 1. The largest absolute Gasteiger partial charge is 0.497 e. The van der Waals surface area contributed by atoms with Crippen LogP contribution in [0.3, 0.4) is 0 Å². The molecule has 29 heavy (non-hydrogen) atoms. The van der Waals surface area contributed by atoms with Gasteiger partial charge in [-0.2, -0.15) is 10.0 Å². The van der Waals surface area contributed by atoms with E-state index in [-0.39, 0.29) is 18.5 Å². The first-order chi connectivity index (χ1) is 14.2. The second-order valence-electron chi connectivity index (χ2n) is 6.82. The Balaban J connectivity index is 1.50. The van der Waals surface area contributed by atoms with E-state index in [1.807, 2.05) is 30.5 Å². The van der Waals surface area contributed by atoms with Crippen LogP contribution >= 0.6 is 0 Å². The summed E-state index contributed by atoms with van der Waals surface area (Å²) in [7, 11) is 1.58. The Morgan fingerprint density at radius 1 is 1.24 bits per heavy atom. The molecule has 148 valence electrons. The first-order valence-corrected chi connectivity index (χ1v) is 9.33. The van der Waals surface area contributed by atoms with Gasteiger partial charge in [0.15, 0.2) is 0 Å². The van der Waals surface area contributed by atoms with Crippen LogP contribution in [0.25, 0.3) is 11.1 Å². The Morgan fingerprint density at radius 2 is 2.07 bits per heavy atom. The third-order valence-electron chi connectivity index (χ3n) is 5.10. The highest BCUT2D eigenvalue weighted by atomic mass is 16.5. The standard InChI is InChI=1S/C21H21N5O3/c1-29-18-7-4-15(13-24-28)20(10-18)25-19-8-9-26(21(19)27)17-5-2-14(3-6-17)16-11-22-23-12-16/h2-7,10-12,19,25H,8-9,13H2,1H3,(H,22,23). The van der Waals surface area contributed by atoms with Gasteiger partial charge in [-0.1, -0.05) is 23.4 Å². The van der Waals surface area contributed by atoms with Gasteiger partial charge in [-0.3, -0.25) is 9.89 Å². The van der Waals surface area contributed by atoms with Gasteiger partial charge in [-0.15, -0.1) is 0 Å². The lowest BCUT2D eigenvalue weighted by Crippen LogP contribution is -2.33. The molecule has 1 aromatic heterocycles. The number of nitrogens with zero attached hydrogens (tertiary/aromatic N) is 3. The summed E-state index contributed by atoms with van der Waals surface area (Å²) in [5, 5.41) is 13.0. The number of methoxy groups -OCH3 is 1. The molecule has 2 N–H and O–H groups in total. The second kappa shape index (κ2) is 8.14. The van der Waals surface area contributed by atoms with Crippen LogP contribution in [-0.2, 0) is 11.3 Å². The lowest BCUT2D eigenvalue weighted by molar-refractivity contribution is -0.117. The normalized spacial score (nSPS) is 16.1. The number of hydrogen-bond donors (Lipinski definition) is 2. The van der Waals surface area contributed by atoms with Crippen LogP contribution in [0.15, 0.2) is 60.0 Å². The average Bonchev–Trinajstić information content (AvgIpc) is 3.40. The number of rotatable bonds is 7. The average molecular weight is 391 g/mol. The molecule has 8 nitrogen and oxygen atoms in total. The van der Waals surface area contributed by atoms with Crippen molar-refractivity contribution >= 4 is 17.3 Å². The van der Waals surface area contributed by atoms with Gasteiger partial charge in [0.05, 0.1) is 13.3 Å². The molecule has 0 radical (unpaired) electrons. The quantitative estimate of drug-likeness (QED) is 0.600. The molecule has 0 bridgehead atoms. The predicted octanol–water partition coefficient (Wildman–Crippen LogP) is 3.57. The molecule has 1 atom stereocenters. The molecule has 1 aliphatic heterocycles. The smallest absolute Gasteiger partial charge is 0.249 e. The number of aromatic amines is 1. The van der Waals surface area contributed by atoms with Crippen molar-refractivity contribution in [1.82, 2.24) is 10.2 Å². The van der Waals surface area contributed by atoms with Crippen molar-refractivity contribution in [3.05, 3.63) is 65.3 Å². The lowest BCUT2D eigenvalue weighted by atomic mass is 10.1. The molecule has 2 heterocycles. The highest BCUT2D eigenvalue weighted by Gasteiger charge is 2.33. The van der Waals surface area contributed by atoms with Crippen LogP contribution in [0.1, 0.15) is 12.0 Å². The maximum absolute atomic E-state index is 13.0. The molecular formula is C21H21N5O3. The van der Waals surface area contributed by atoms with Crippen molar-refractivity contribution in [3.8, 4) is 16.9 Å². The van der Waals surface area contributed by atoms with Crippen LogP contribution in [-0.4, -0.2) is 35.8 Å². The molecular weight excluding hydrogens is 370 g/mol. The summed E-state index contributed by atoms with van der Waals surface area (Å²) < 4.78 is 5.26. The highest BCUT2D eigenvalue weighted by Crippen LogP contribution is 2.29. The number of ether oxygens (including phenoxy) is 1. The number of amides is 1. The molecule has 1 fully saturated rings. The maximum Gasteiger partial charge on any atom is 0.249 e. The van der Waals surface area contributed by atoms with Crippen LogP contribution < -0.4 is 15.0 Å². The van der Waals surface area contributed by atoms with E-state index in [9.17, 15) is 9.70 Å². The number of carbonyl (C=O) groups excluding carboxylic acids is 1. The third-order valence-corrected chi connectivity index (χ3v) is 5.10. The Kier molecular flexibility index (Phi) is 5.24. The minimum absolute atomic E-state index is 0.00565. The van der Waals surface area contributed by atoms with Gasteiger partial charge in [-0.05, 0) is 30.2 Å². The number of anilines is 2. The fourth-order valence-corrected chi connectivity index (χ4v) is 3.52. The summed E-state index contributed by atoms with van der Waals surface area (Å²) in [5.74, 6) is 0.646. The zero-order valence-corrected chi connectivity index (χ0v) is 16.0. The van der Waals surface area contributed by atoms with Crippen molar-refractivity contribution in [1.29, 1.82) is 0 Å². The van der Waals surface area contributed by atoms with E-state index in [0.29, 0.717) is 24.4 Å². The molecule has 1 saturated heterocycles. The van der Waals surface area contributed by atoms with Crippen molar-refractivity contribution in [2.45, 2.75) is 19.0 Å². The number of H-pyrrole nitrogens is 1. The van der Waals surface area contributed by atoms with Gasteiger partial charge in [0, 0.05) is 41.3 Å². The number of hydrogen-bond acceptors (Lipinski definition) is 6. The van der Waals surface area contributed by atoms with E-state index in [4.69, 9.17) is 4.74 Å². The highest BCUT2D eigenvalue weighted by molar-refractivity contribution is 6.01. The molecule has 0 saturated carbocycles. The van der Waals surface area contributed by atoms with E-state index in [0.717, 1.165) is 22.4 Å². The minimum Gasteiger partial charge on any atom is -0.497 e. The summed E-state index contributed by atoms with van der Waals surface area (Å²) in [4.78, 5) is 25.5. The summed E-state index contributed by atoms with van der Waals surface area (Å²) in [6.07, 6.45) is 4.25. The van der Waals surface area contributed by atoms with E-state index in [1.54, 1.807) is 36.4 Å². The van der Waals surface area contributed by atoms with E-state index >= 15 is 0 Å². The first-order valence-electron chi connectivity index (χ1n) is 9.33. The number of benzene rings is 2. The lowest BCUT2D eigenvalue weighted by Gasteiger charge is -2.19. The fourth-order valence-electron chi connectivity index (χ4n) is 3.52. The minimum atomic E-state index is -0.374. The van der Waals surface area contributed by atoms with E-state index in [2.05, 4.69) is 20.7 Å². The van der Waals surface area contributed by atoms with Gasteiger partial charge in [-0.25, -0.2) is 0 Å². The Bertz CT molecular complexity index is 1000. The second-order valence-corrected chi connectivity index (χ2v) is 6.82.